The van der Waals surface area contributed by atoms with Crippen LogP contribution in [0.5, 0.6) is 5.75 Å². The molecular weight excluding hydrogens is 290 g/mol. The lowest BCUT2D eigenvalue weighted by Crippen LogP contribution is -2.33. The predicted octanol–water partition coefficient (Wildman–Crippen LogP) is -0.189. The summed E-state index contributed by atoms with van der Waals surface area (Å²) in [5.41, 5.74) is 0.397. The molecule has 3 N–H and O–H groups in total. The topological polar surface area (TPSA) is 97.3 Å². The molecule has 0 aliphatic carbocycles. The smallest absolute Gasteiger partial charge is 0.337 e. The third-order valence-corrected chi connectivity index (χ3v) is 2.74. The van der Waals surface area contributed by atoms with E-state index in [4.69, 9.17) is 14.6 Å². The number of esters is 1. The zero-order valence-electron chi connectivity index (χ0n) is 12.7. The van der Waals surface area contributed by atoms with Gasteiger partial charge in [-0.3, -0.25) is 0 Å². The van der Waals surface area contributed by atoms with Gasteiger partial charge in [-0.15, -0.1) is 0 Å². The van der Waals surface area contributed by atoms with E-state index < -0.39 is 12.1 Å². The molecule has 0 saturated carbocycles. The minimum absolute atomic E-state index is 0.00109. The van der Waals surface area contributed by atoms with Crippen molar-refractivity contribution in [3.05, 3.63) is 29.8 Å². The third kappa shape index (κ3) is 7.37. The summed E-state index contributed by atoms with van der Waals surface area (Å²) in [6.45, 7) is 1.82. The number of benzene rings is 1. The Morgan fingerprint density at radius 1 is 1.36 bits per heavy atom. The highest BCUT2D eigenvalue weighted by Crippen LogP contribution is 2.14. The SMILES string of the molecule is COC(=O)c1cccc(OC[C@H](O)CNCCOCCO)c1. The van der Waals surface area contributed by atoms with E-state index in [0.717, 1.165) is 0 Å². The van der Waals surface area contributed by atoms with Gasteiger partial charge in [0.1, 0.15) is 18.5 Å². The number of aliphatic hydroxyl groups is 2. The van der Waals surface area contributed by atoms with Crippen LogP contribution in [-0.4, -0.2) is 68.9 Å². The molecule has 0 amide bonds. The number of carbonyl (C=O) groups excluding carboxylic acids is 1. The Labute approximate surface area is 129 Å². The molecule has 0 spiro atoms. The summed E-state index contributed by atoms with van der Waals surface area (Å²) >= 11 is 0. The largest absolute Gasteiger partial charge is 0.491 e. The highest BCUT2D eigenvalue weighted by molar-refractivity contribution is 5.89. The van der Waals surface area contributed by atoms with E-state index in [1.807, 2.05) is 0 Å². The lowest BCUT2D eigenvalue weighted by atomic mass is 10.2. The van der Waals surface area contributed by atoms with Crippen LogP contribution in [0, 0.1) is 0 Å². The molecular formula is C15H23NO6. The van der Waals surface area contributed by atoms with Gasteiger partial charge in [-0.25, -0.2) is 4.79 Å². The van der Waals surface area contributed by atoms with Crippen LogP contribution in [0.25, 0.3) is 0 Å². The molecule has 0 radical (unpaired) electrons. The van der Waals surface area contributed by atoms with Gasteiger partial charge in [0.25, 0.3) is 0 Å². The van der Waals surface area contributed by atoms with Crippen molar-refractivity contribution in [3.63, 3.8) is 0 Å². The van der Waals surface area contributed by atoms with Crippen molar-refractivity contribution < 1.29 is 29.2 Å². The maximum atomic E-state index is 11.4. The second-order valence-corrected chi connectivity index (χ2v) is 4.52. The zero-order chi connectivity index (χ0) is 16.2. The summed E-state index contributed by atoms with van der Waals surface area (Å²) < 4.78 is 15.1. The maximum absolute atomic E-state index is 11.4. The van der Waals surface area contributed by atoms with Crippen LogP contribution in [0.2, 0.25) is 0 Å². The average Bonchev–Trinajstić information content (AvgIpc) is 2.55. The molecule has 1 aromatic carbocycles. The molecule has 0 saturated heterocycles. The van der Waals surface area contributed by atoms with Crippen LogP contribution >= 0.6 is 0 Å². The van der Waals surface area contributed by atoms with Crippen molar-refractivity contribution in [1.29, 1.82) is 0 Å². The highest BCUT2D eigenvalue weighted by atomic mass is 16.5. The number of aliphatic hydroxyl groups excluding tert-OH is 2. The maximum Gasteiger partial charge on any atom is 0.337 e. The van der Waals surface area contributed by atoms with E-state index in [0.29, 0.717) is 37.6 Å². The number of methoxy groups -OCH3 is 1. The number of rotatable bonds is 11. The van der Waals surface area contributed by atoms with Gasteiger partial charge in [-0.05, 0) is 18.2 Å². The molecule has 0 heterocycles. The summed E-state index contributed by atoms with van der Waals surface area (Å²) in [6, 6.07) is 6.58. The van der Waals surface area contributed by atoms with Crippen molar-refractivity contribution in [3.8, 4) is 5.75 Å². The van der Waals surface area contributed by atoms with E-state index in [1.54, 1.807) is 24.3 Å². The molecule has 0 unspecified atom stereocenters. The summed E-state index contributed by atoms with van der Waals surface area (Å²) in [5, 5.41) is 21.3. The van der Waals surface area contributed by atoms with Crippen LogP contribution in [0.4, 0.5) is 0 Å². The van der Waals surface area contributed by atoms with Crippen molar-refractivity contribution in [1.82, 2.24) is 5.32 Å². The lowest BCUT2D eigenvalue weighted by molar-refractivity contribution is 0.0600. The van der Waals surface area contributed by atoms with E-state index in [-0.39, 0.29) is 13.2 Å². The number of carbonyl (C=O) groups is 1. The Morgan fingerprint density at radius 3 is 2.91 bits per heavy atom. The van der Waals surface area contributed by atoms with Gasteiger partial charge in [-0.2, -0.15) is 0 Å². The third-order valence-electron chi connectivity index (χ3n) is 2.74. The van der Waals surface area contributed by atoms with E-state index in [2.05, 4.69) is 10.1 Å². The fraction of sp³-hybridized carbons (Fsp3) is 0.533. The van der Waals surface area contributed by atoms with Crippen LogP contribution in [0.1, 0.15) is 10.4 Å². The minimum Gasteiger partial charge on any atom is -0.491 e. The van der Waals surface area contributed by atoms with Gasteiger partial charge in [0.05, 0.1) is 32.5 Å². The minimum atomic E-state index is -0.681. The second-order valence-electron chi connectivity index (χ2n) is 4.52. The van der Waals surface area contributed by atoms with Gasteiger partial charge >= 0.3 is 5.97 Å². The fourth-order valence-electron chi connectivity index (χ4n) is 1.66. The molecule has 1 atom stereocenters. The zero-order valence-corrected chi connectivity index (χ0v) is 12.7. The normalized spacial score (nSPS) is 12.0. The van der Waals surface area contributed by atoms with E-state index in [9.17, 15) is 9.90 Å². The first kappa shape index (κ1) is 18.4. The number of hydrogen-bond donors (Lipinski definition) is 3. The Balaban J connectivity index is 2.23. The molecule has 1 rings (SSSR count). The van der Waals surface area contributed by atoms with Crippen LogP contribution in [0.3, 0.4) is 0 Å². The van der Waals surface area contributed by atoms with Gasteiger partial charge in [-0.1, -0.05) is 6.07 Å². The first-order chi connectivity index (χ1) is 10.7. The van der Waals surface area contributed by atoms with Gasteiger partial charge in [0, 0.05) is 13.1 Å². The van der Waals surface area contributed by atoms with Crippen molar-refractivity contribution in [2.45, 2.75) is 6.10 Å². The van der Waals surface area contributed by atoms with Crippen LogP contribution < -0.4 is 10.1 Å². The van der Waals surface area contributed by atoms with Gasteiger partial charge in [0.2, 0.25) is 0 Å². The molecule has 7 heteroatoms. The second kappa shape index (κ2) is 11.0. The van der Waals surface area contributed by atoms with Crippen molar-refractivity contribution in [2.24, 2.45) is 0 Å². The van der Waals surface area contributed by atoms with E-state index >= 15 is 0 Å². The molecule has 0 aromatic heterocycles. The summed E-state index contributed by atoms with van der Waals surface area (Å²) in [4.78, 5) is 11.4. The standard InChI is InChI=1S/C15H23NO6/c1-20-15(19)12-3-2-4-14(9-12)22-11-13(18)10-16-5-7-21-8-6-17/h2-4,9,13,16-18H,5-8,10-11H2,1H3/t13-/m1/s1. The molecule has 0 aliphatic heterocycles. The van der Waals surface area contributed by atoms with E-state index in [1.165, 1.54) is 7.11 Å². The molecule has 22 heavy (non-hydrogen) atoms. The molecule has 0 fully saturated rings. The molecule has 7 nitrogen and oxygen atoms in total. The first-order valence-corrected chi connectivity index (χ1v) is 7.06. The Morgan fingerprint density at radius 2 is 2.18 bits per heavy atom. The van der Waals surface area contributed by atoms with Gasteiger partial charge < -0.3 is 29.7 Å². The number of nitrogens with one attached hydrogen (secondary N) is 1. The molecule has 0 bridgehead atoms. The quantitative estimate of drug-likeness (QED) is 0.385. The monoisotopic (exact) mass is 313 g/mol. The molecule has 1 aromatic rings. The number of ether oxygens (including phenoxy) is 3. The fourth-order valence-corrected chi connectivity index (χ4v) is 1.66. The predicted molar refractivity (Wildman–Crippen MR) is 80.1 cm³/mol. The highest BCUT2D eigenvalue weighted by Gasteiger charge is 2.08. The lowest BCUT2D eigenvalue weighted by Gasteiger charge is -2.13. The van der Waals surface area contributed by atoms with Crippen LogP contribution in [-0.2, 0) is 9.47 Å². The Bertz CT molecular complexity index is 440. The van der Waals surface area contributed by atoms with Gasteiger partial charge in [0.15, 0.2) is 0 Å². The molecule has 124 valence electrons. The van der Waals surface area contributed by atoms with Crippen LogP contribution in [0.15, 0.2) is 24.3 Å². The number of hydrogen-bond acceptors (Lipinski definition) is 7. The summed E-state index contributed by atoms with van der Waals surface area (Å²) in [6.07, 6.45) is -0.681. The average molecular weight is 313 g/mol. The first-order valence-electron chi connectivity index (χ1n) is 7.06. The van der Waals surface area contributed by atoms with Crippen molar-refractivity contribution >= 4 is 5.97 Å². The summed E-state index contributed by atoms with van der Waals surface area (Å²) in [7, 11) is 1.32. The Kier molecular flexibility index (Phi) is 9.17. The summed E-state index contributed by atoms with van der Waals surface area (Å²) in [5.74, 6) is 0.0590. The Hall–Kier alpha value is -1.67. The van der Waals surface area contributed by atoms with Crippen molar-refractivity contribution in [2.75, 3.05) is 46.6 Å². The molecule has 0 aliphatic rings.